The molecule has 2 aromatic carbocycles. The van der Waals surface area contributed by atoms with Crippen LogP contribution in [0, 0.1) is 0 Å². The minimum atomic E-state index is -1.50. The Labute approximate surface area is 174 Å². The van der Waals surface area contributed by atoms with Gasteiger partial charge < -0.3 is 24.8 Å². The highest BCUT2D eigenvalue weighted by Gasteiger charge is 2.44. The van der Waals surface area contributed by atoms with Crippen LogP contribution in [0.5, 0.6) is 5.75 Å². The summed E-state index contributed by atoms with van der Waals surface area (Å²) in [5.41, 5.74) is 2.37. The molecule has 1 saturated heterocycles. The lowest BCUT2D eigenvalue weighted by molar-refractivity contribution is -0.227. The van der Waals surface area contributed by atoms with E-state index in [-0.39, 0.29) is 6.10 Å². The molecule has 0 aromatic heterocycles. The lowest BCUT2D eigenvalue weighted by Crippen LogP contribution is -2.54. The zero-order chi connectivity index (χ0) is 21.1. The molecule has 1 aliphatic rings. The van der Waals surface area contributed by atoms with Crippen LogP contribution in [0.3, 0.4) is 0 Å². The molecule has 0 radical (unpaired) electrons. The number of aliphatic hydroxyl groups is 3. The van der Waals surface area contributed by atoms with Crippen LogP contribution in [0.1, 0.15) is 36.6 Å². The minimum Gasteiger partial charge on any atom is -0.491 e. The van der Waals surface area contributed by atoms with Crippen molar-refractivity contribution in [2.75, 3.05) is 6.67 Å². The van der Waals surface area contributed by atoms with Gasteiger partial charge >= 0.3 is 0 Å². The summed E-state index contributed by atoms with van der Waals surface area (Å²) in [6.45, 7) is 2.96. The largest absolute Gasteiger partial charge is 0.491 e. The highest BCUT2D eigenvalue weighted by Crippen LogP contribution is 2.34. The van der Waals surface area contributed by atoms with Gasteiger partial charge in [0.25, 0.3) is 0 Å². The Bertz CT molecular complexity index is 811. The third-order valence-electron chi connectivity index (χ3n) is 4.95. The van der Waals surface area contributed by atoms with Crippen molar-refractivity contribution >= 4 is 11.6 Å². The first-order chi connectivity index (χ1) is 13.8. The molecule has 1 aliphatic heterocycles. The molecule has 0 saturated carbocycles. The fourth-order valence-corrected chi connectivity index (χ4v) is 3.62. The van der Waals surface area contributed by atoms with Crippen LogP contribution in [-0.2, 0) is 11.2 Å². The SMILES string of the molecule is CC(C)Oc1ccc(Cc2cc([C@@H]3O[C@H](CF)[C@@H](O)[C@H](O)[C@H]3O)ccc2Cl)cc1. The average Bonchev–Trinajstić information content (AvgIpc) is 2.69. The zero-order valence-electron chi connectivity index (χ0n) is 16.3. The van der Waals surface area contributed by atoms with Crippen LogP contribution < -0.4 is 4.74 Å². The molecule has 0 aliphatic carbocycles. The smallest absolute Gasteiger partial charge is 0.119 e. The number of halogens is 2. The van der Waals surface area contributed by atoms with Crippen LogP contribution in [-0.4, -0.2) is 52.5 Å². The molecule has 1 heterocycles. The fourth-order valence-electron chi connectivity index (χ4n) is 3.44. The second-order valence-electron chi connectivity index (χ2n) is 7.56. The molecule has 5 nitrogen and oxygen atoms in total. The Kier molecular flexibility index (Phi) is 7.14. The van der Waals surface area contributed by atoms with Crippen LogP contribution in [0.2, 0.25) is 5.02 Å². The maximum atomic E-state index is 13.2. The standard InChI is InChI=1S/C22H26ClFO5/c1-12(2)28-16-6-3-13(4-7-16)9-15-10-14(5-8-17(15)23)22-21(27)20(26)19(25)18(11-24)29-22/h3-8,10,12,18-22,25-27H,9,11H2,1-2H3/t18-,19-,20+,21-,22+/m1/s1. The molecule has 2 aromatic rings. The quantitative estimate of drug-likeness (QED) is 0.663. The summed E-state index contributed by atoms with van der Waals surface area (Å²) in [6, 6.07) is 12.8. The number of hydrogen-bond acceptors (Lipinski definition) is 5. The topological polar surface area (TPSA) is 79.2 Å². The Morgan fingerprint density at radius 3 is 2.34 bits per heavy atom. The second kappa shape index (κ2) is 9.41. The van der Waals surface area contributed by atoms with Crippen molar-refractivity contribution in [1.29, 1.82) is 0 Å². The van der Waals surface area contributed by atoms with Gasteiger partial charge in [0.15, 0.2) is 0 Å². The minimum absolute atomic E-state index is 0.0934. The van der Waals surface area contributed by atoms with E-state index in [0.29, 0.717) is 17.0 Å². The van der Waals surface area contributed by atoms with Crippen molar-refractivity contribution in [2.45, 2.75) is 56.9 Å². The second-order valence-corrected chi connectivity index (χ2v) is 7.97. The molecule has 3 rings (SSSR count). The maximum Gasteiger partial charge on any atom is 0.119 e. The van der Waals surface area contributed by atoms with Crippen molar-refractivity contribution in [3.8, 4) is 5.75 Å². The predicted molar refractivity (Wildman–Crippen MR) is 108 cm³/mol. The molecule has 0 unspecified atom stereocenters. The number of alkyl halides is 1. The molecule has 0 amide bonds. The Balaban J connectivity index is 1.81. The molecular weight excluding hydrogens is 399 g/mol. The first kappa shape index (κ1) is 22.0. The van der Waals surface area contributed by atoms with Crippen LogP contribution >= 0.6 is 11.6 Å². The summed E-state index contributed by atoms with van der Waals surface area (Å²) in [5, 5.41) is 30.7. The van der Waals surface area contributed by atoms with Crippen LogP contribution in [0.15, 0.2) is 42.5 Å². The molecule has 3 N–H and O–H groups in total. The van der Waals surface area contributed by atoms with E-state index in [1.807, 2.05) is 38.1 Å². The van der Waals surface area contributed by atoms with Gasteiger partial charge in [0.05, 0.1) is 6.10 Å². The first-order valence-corrected chi connectivity index (χ1v) is 9.97. The predicted octanol–water partition coefficient (Wildman–Crippen LogP) is 3.21. The van der Waals surface area contributed by atoms with Gasteiger partial charge in [-0.1, -0.05) is 35.9 Å². The summed E-state index contributed by atoms with van der Waals surface area (Å²) in [5.74, 6) is 0.784. The lowest BCUT2D eigenvalue weighted by atomic mass is 9.90. The van der Waals surface area contributed by atoms with E-state index >= 15 is 0 Å². The monoisotopic (exact) mass is 424 g/mol. The first-order valence-electron chi connectivity index (χ1n) is 9.59. The maximum absolute atomic E-state index is 13.2. The summed E-state index contributed by atoms with van der Waals surface area (Å²) < 4.78 is 24.3. The van der Waals surface area contributed by atoms with E-state index in [4.69, 9.17) is 21.1 Å². The average molecular weight is 425 g/mol. The van der Waals surface area contributed by atoms with E-state index in [9.17, 15) is 19.7 Å². The van der Waals surface area contributed by atoms with Crippen LogP contribution in [0.25, 0.3) is 0 Å². The molecule has 158 valence electrons. The number of rotatable bonds is 6. The Morgan fingerprint density at radius 2 is 1.72 bits per heavy atom. The van der Waals surface area contributed by atoms with Gasteiger partial charge in [-0.2, -0.15) is 0 Å². The fraction of sp³-hybridized carbons (Fsp3) is 0.455. The molecular formula is C22H26ClFO5. The van der Waals surface area contributed by atoms with Gasteiger partial charge in [0.1, 0.15) is 42.9 Å². The molecule has 1 fully saturated rings. The summed E-state index contributed by atoms with van der Waals surface area (Å²) in [7, 11) is 0. The normalized spacial score (nSPS) is 27.2. The van der Waals surface area contributed by atoms with Gasteiger partial charge in [-0.25, -0.2) is 4.39 Å². The van der Waals surface area contributed by atoms with Crippen molar-refractivity contribution < 1.29 is 29.2 Å². The summed E-state index contributed by atoms with van der Waals surface area (Å²) in [4.78, 5) is 0. The third kappa shape index (κ3) is 5.08. The molecule has 0 spiro atoms. The number of aliphatic hydroxyl groups excluding tert-OH is 3. The molecule has 0 bridgehead atoms. The Hall–Kier alpha value is -1.70. The van der Waals surface area contributed by atoms with Crippen molar-refractivity contribution in [1.82, 2.24) is 0 Å². The number of hydrogen-bond donors (Lipinski definition) is 3. The van der Waals surface area contributed by atoms with Crippen molar-refractivity contribution in [3.05, 3.63) is 64.2 Å². The van der Waals surface area contributed by atoms with Gasteiger partial charge in [-0.3, -0.25) is 0 Å². The molecule has 7 heteroatoms. The van der Waals surface area contributed by atoms with Gasteiger partial charge in [0.2, 0.25) is 0 Å². The van der Waals surface area contributed by atoms with Crippen molar-refractivity contribution in [2.24, 2.45) is 0 Å². The molecule has 5 atom stereocenters. The van der Waals surface area contributed by atoms with E-state index in [1.54, 1.807) is 18.2 Å². The highest BCUT2D eigenvalue weighted by atomic mass is 35.5. The summed E-state index contributed by atoms with van der Waals surface area (Å²) >= 11 is 6.35. The zero-order valence-corrected chi connectivity index (χ0v) is 17.1. The lowest BCUT2D eigenvalue weighted by Gasteiger charge is -2.40. The third-order valence-corrected chi connectivity index (χ3v) is 5.32. The van der Waals surface area contributed by atoms with Gasteiger partial charge in [-0.15, -0.1) is 0 Å². The number of ether oxygens (including phenoxy) is 2. The number of benzene rings is 2. The molecule has 29 heavy (non-hydrogen) atoms. The Morgan fingerprint density at radius 1 is 1.03 bits per heavy atom. The van der Waals surface area contributed by atoms with E-state index < -0.39 is 37.2 Å². The van der Waals surface area contributed by atoms with E-state index in [0.717, 1.165) is 16.9 Å². The van der Waals surface area contributed by atoms with Gasteiger partial charge in [0, 0.05) is 5.02 Å². The van der Waals surface area contributed by atoms with Crippen molar-refractivity contribution in [3.63, 3.8) is 0 Å². The van der Waals surface area contributed by atoms with Gasteiger partial charge in [-0.05, 0) is 55.2 Å². The van der Waals surface area contributed by atoms with E-state index in [1.165, 1.54) is 0 Å². The van der Waals surface area contributed by atoms with E-state index in [2.05, 4.69) is 0 Å². The highest BCUT2D eigenvalue weighted by molar-refractivity contribution is 6.31. The summed E-state index contributed by atoms with van der Waals surface area (Å²) in [6.07, 6.45) is -5.90. The van der Waals surface area contributed by atoms with Crippen LogP contribution in [0.4, 0.5) is 4.39 Å².